The molecule has 0 spiro atoms. The molecule has 2 N–H and O–H groups in total. The van der Waals surface area contributed by atoms with Gasteiger partial charge in [0.15, 0.2) is 6.61 Å². The van der Waals surface area contributed by atoms with Gasteiger partial charge in [-0.25, -0.2) is 0 Å². The van der Waals surface area contributed by atoms with Crippen LogP contribution in [0.15, 0.2) is 42.5 Å². The molecule has 2 aromatic carbocycles. The Hall–Kier alpha value is -2.57. The van der Waals surface area contributed by atoms with Gasteiger partial charge in [-0.05, 0) is 42.8 Å². The van der Waals surface area contributed by atoms with E-state index in [1.54, 1.807) is 49.4 Å². The Morgan fingerprint density at radius 1 is 0.963 bits per heavy atom. The molecule has 2 aromatic rings. The molecule has 6 nitrogen and oxygen atoms in total. The fourth-order valence-corrected chi connectivity index (χ4v) is 2.52. The molecule has 0 aromatic heterocycles. The monoisotopic (exact) mass is 408 g/mol. The Balaban J connectivity index is 1.71. The lowest BCUT2D eigenvalue weighted by Gasteiger charge is -2.10. The van der Waals surface area contributed by atoms with Crippen LogP contribution in [0.4, 0.5) is 11.4 Å². The molecule has 0 radical (unpaired) electrons. The number of hydrogen-bond donors (Lipinski definition) is 2. The number of esters is 1. The first-order valence-electron chi connectivity index (χ1n) is 8.11. The maximum atomic E-state index is 11.9. The number of carbonyl (C=O) groups excluding carboxylic acids is 3. The van der Waals surface area contributed by atoms with Crippen molar-refractivity contribution >= 4 is 52.4 Å². The van der Waals surface area contributed by atoms with Crippen molar-refractivity contribution in [3.8, 4) is 0 Å². The summed E-state index contributed by atoms with van der Waals surface area (Å²) in [5.74, 6) is -1.49. The van der Waals surface area contributed by atoms with Crippen LogP contribution >= 0.6 is 23.2 Å². The summed E-state index contributed by atoms with van der Waals surface area (Å²) in [6.45, 7) is 1.32. The predicted octanol–water partition coefficient (Wildman–Crippen LogP) is 4.20. The van der Waals surface area contributed by atoms with Crippen LogP contribution in [0.3, 0.4) is 0 Å². The highest BCUT2D eigenvalue weighted by Gasteiger charge is 2.12. The molecule has 2 rings (SSSR count). The van der Waals surface area contributed by atoms with Gasteiger partial charge < -0.3 is 15.4 Å². The molecular formula is C19H18Cl2N2O4. The largest absolute Gasteiger partial charge is 0.456 e. The van der Waals surface area contributed by atoms with E-state index in [2.05, 4.69) is 10.6 Å². The van der Waals surface area contributed by atoms with E-state index in [4.69, 9.17) is 27.9 Å². The van der Waals surface area contributed by atoms with Gasteiger partial charge >= 0.3 is 5.97 Å². The summed E-state index contributed by atoms with van der Waals surface area (Å²) in [5, 5.41) is 6.26. The average molecular weight is 409 g/mol. The number of ether oxygens (including phenoxy) is 1. The first-order valence-corrected chi connectivity index (χ1v) is 8.87. The first-order chi connectivity index (χ1) is 12.8. The van der Waals surface area contributed by atoms with E-state index in [-0.39, 0.29) is 18.7 Å². The third kappa shape index (κ3) is 6.92. The minimum absolute atomic E-state index is 0.0691. The summed E-state index contributed by atoms with van der Waals surface area (Å²) in [6, 6.07) is 11.8. The molecule has 0 unspecified atom stereocenters. The van der Waals surface area contributed by atoms with Crippen molar-refractivity contribution in [3.63, 3.8) is 0 Å². The lowest BCUT2D eigenvalue weighted by atomic mass is 10.2. The van der Waals surface area contributed by atoms with Crippen LogP contribution in [0.5, 0.6) is 0 Å². The fraction of sp³-hybridized carbons (Fsp3) is 0.211. The molecule has 0 fully saturated rings. The Labute approximate surface area is 166 Å². The van der Waals surface area contributed by atoms with E-state index in [1.807, 2.05) is 0 Å². The van der Waals surface area contributed by atoms with Crippen LogP contribution in [0.25, 0.3) is 0 Å². The number of anilines is 2. The highest BCUT2D eigenvalue weighted by Crippen LogP contribution is 2.22. The zero-order valence-corrected chi connectivity index (χ0v) is 16.1. The van der Waals surface area contributed by atoms with Crippen LogP contribution in [0, 0.1) is 6.92 Å². The van der Waals surface area contributed by atoms with Crippen molar-refractivity contribution < 1.29 is 19.1 Å². The number of amides is 2. The molecular weight excluding hydrogens is 391 g/mol. The van der Waals surface area contributed by atoms with Gasteiger partial charge in [0.25, 0.3) is 5.91 Å². The quantitative estimate of drug-likeness (QED) is 0.672. The summed E-state index contributed by atoms with van der Waals surface area (Å²) >= 11 is 11.8. The minimum atomic E-state index is -0.644. The van der Waals surface area contributed by atoms with Gasteiger partial charge in [0, 0.05) is 27.8 Å². The van der Waals surface area contributed by atoms with Gasteiger partial charge in [0.1, 0.15) is 0 Å². The highest BCUT2D eigenvalue weighted by atomic mass is 35.5. The van der Waals surface area contributed by atoms with Crippen molar-refractivity contribution in [2.75, 3.05) is 17.2 Å². The van der Waals surface area contributed by atoms with E-state index in [9.17, 15) is 14.4 Å². The zero-order valence-electron chi connectivity index (χ0n) is 14.6. The molecule has 0 aliphatic heterocycles. The Kier molecular flexibility index (Phi) is 7.64. The second-order valence-corrected chi connectivity index (χ2v) is 6.52. The molecule has 0 atom stereocenters. The normalized spacial score (nSPS) is 10.2. The van der Waals surface area contributed by atoms with Gasteiger partial charge in [-0.3, -0.25) is 14.4 Å². The van der Waals surface area contributed by atoms with E-state index < -0.39 is 18.5 Å². The molecule has 27 heavy (non-hydrogen) atoms. The van der Waals surface area contributed by atoms with Crippen molar-refractivity contribution in [3.05, 3.63) is 58.1 Å². The molecule has 0 saturated heterocycles. The molecule has 142 valence electrons. The Bertz CT molecular complexity index is 855. The van der Waals surface area contributed by atoms with E-state index in [1.165, 1.54) is 0 Å². The Morgan fingerprint density at radius 2 is 1.70 bits per heavy atom. The van der Waals surface area contributed by atoms with Gasteiger partial charge in [-0.1, -0.05) is 35.3 Å². The summed E-state index contributed by atoms with van der Waals surface area (Å²) in [4.78, 5) is 35.4. The number of hydrogen-bond acceptors (Lipinski definition) is 4. The van der Waals surface area contributed by atoms with Crippen molar-refractivity contribution in [1.82, 2.24) is 0 Å². The third-order valence-electron chi connectivity index (χ3n) is 3.57. The van der Waals surface area contributed by atoms with Crippen LogP contribution < -0.4 is 10.6 Å². The van der Waals surface area contributed by atoms with Gasteiger partial charge in [-0.2, -0.15) is 0 Å². The number of rotatable bonds is 7. The van der Waals surface area contributed by atoms with Crippen LogP contribution in [-0.4, -0.2) is 24.4 Å². The van der Waals surface area contributed by atoms with E-state index in [0.717, 1.165) is 5.56 Å². The standard InChI is InChI=1S/C19H18Cl2N2O4/c1-12-15(21)6-3-7-16(12)23-18(25)11-27-19(26)9-8-17(24)22-14-5-2-4-13(20)10-14/h2-7,10H,8-9,11H2,1H3,(H,22,24)(H,23,25). The number of halogens is 2. The van der Waals surface area contributed by atoms with Crippen LogP contribution in [0.1, 0.15) is 18.4 Å². The Morgan fingerprint density at radius 3 is 2.44 bits per heavy atom. The number of nitrogens with one attached hydrogen (secondary N) is 2. The molecule has 2 amide bonds. The second kappa shape index (κ2) is 9.94. The third-order valence-corrected chi connectivity index (χ3v) is 4.22. The topological polar surface area (TPSA) is 84.5 Å². The van der Waals surface area contributed by atoms with E-state index in [0.29, 0.717) is 21.4 Å². The number of benzene rings is 2. The van der Waals surface area contributed by atoms with Gasteiger partial charge in [0.2, 0.25) is 5.91 Å². The average Bonchev–Trinajstić information content (AvgIpc) is 2.62. The van der Waals surface area contributed by atoms with Gasteiger partial charge in [-0.15, -0.1) is 0 Å². The molecule has 0 heterocycles. The predicted molar refractivity (Wildman–Crippen MR) is 105 cm³/mol. The van der Waals surface area contributed by atoms with E-state index >= 15 is 0 Å². The summed E-state index contributed by atoms with van der Waals surface area (Å²) in [7, 11) is 0. The summed E-state index contributed by atoms with van der Waals surface area (Å²) in [5.41, 5.74) is 1.80. The second-order valence-electron chi connectivity index (χ2n) is 5.68. The zero-order chi connectivity index (χ0) is 19.8. The summed E-state index contributed by atoms with van der Waals surface area (Å²) < 4.78 is 4.88. The number of carbonyl (C=O) groups is 3. The minimum Gasteiger partial charge on any atom is -0.456 e. The maximum absolute atomic E-state index is 11.9. The van der Waals surface area contributed by atoms with Crippen molar-refractivity contribution in [2.45, 2.75) is 19.8 Å². The van der Waals surface area contributed by atoms with Crippen molar-refractivity contribution in [2.24, 2.45) is 0 Å². The van der Waals surface area contributed by atoms with Crippen LogP contribution in [0.2, 0.25) is 10.0 Å². The fourth-order valence-electron chi connectivity index (χ4n) is 2.15. The molecule has 0 bridgehead atoms. The molecule has 0 saturated carbocycles. The molecule has 0 aliphatic carbocycles. The molecule has 8 heteroatoms. The first kappa shape index (κ1) is 20.7. The smallest absolute Gasteiger partial charge is 0.306 e. The molecule has 0 aliphatic rings. The highest BCUT2D eigenvalue weighted by molar-refractivity contribution is 6.31. The maximum Gasteiger partial charge on any atom is 0.306 e. The van der Waals surface area contributed by atoms with Gasteiger partial charge in [0.05, 0.1) is 6.42 Å². The SMILES string of the molecule is Cc1c(Cl)cccc1NC(=O)COC(=O)CCC(=O)Nc1cccc(Cl)c1. The van der Waals surface area contributed by atoms with Crippen LogP contribution in [-0.2, 0) is 19.1 Å². The summed E-state index contributed by atoms with van der Waals surface area (Å²) in [6.07, 6.45) is -0.212. The van der Waals surface area contributed by atoms with Crippen molar-refractivity contribution in [1.29, 1.82) is 0 Å². The lowest BCUT2D eigenvalue weighted by molar-refractivity contribution is -0.147. The lowest BCUT2D eigenvalue weighted by Crippen LogP contribution is -2.22.